The lowest BCUT2D eigenvalue weighted by molar-refractivity contribution is -0.302. The predicted octanol–water partition coefficient (Wildman–Crippen LogP) is 8.17. The monoisotopic (exact) mass is 728 g/mol. The van der Waals surface area contributed by atoms with E-state index in [0.29, 0.717) is 6.42 Å². The number of nitrogens with one attached hydrogen (secondary N) is 1. The molecular weight excluding hydrogens is 646 g/mol. The summed E-state index contributed by atoms with van der Waals surface area (Å²) >= 11 is 0. The van der Waals surface area contributed by atoms with Crippen molar-refractivity contribution in [1.82, 2.24) is 5.32 Å². The standard InChI is InChI=1S/C42H81NO8/c1-3-5-7-9-11-13-15-17-19-21-23-25-27-29-31-36(45)35(34-50-42-41(49)40(48)39(47)37(33-44)51-42)43-38(46)32-30-28-26-24-22-20-18-16-14-12-10-8-6-4-2/h29,31,35-37,39-42,44-45,47-49H,3-28,30,32-34H2,1-2H3,(H,43,46)/b31-29+/t35-,36+,37-,39-,40?,41?,42-/m0/s1. The Morgan fingerprint density at radius 3 is 1.53 bits per heavy atom. The van der Waals surface area contributed by atoms with Gasteiger partial charge in [0.2, 0.25) is 5.91 Å². The number of ether oxygens (including phenoxy) is 2. The van der Waals surface area contributed by atoms with E-state index in [-0.39, 0.29) is 12.5 Å². The first kappa shape index (κ1) is 48.0. The van der Waals surface area contributed by atoms with Gasteiger partial charge in [0.25, 0.3) is 0 Å². The van der Waals surface area contributed by atoms with Crippen molar-refractivity contribution in [3.63, 3.8) is 0 Å². The van der Waals surface area contributed by atoms with Gasteiger partial charge in [-0.2, -0.15) is 0 Å². The maximum Gasteiger partial charge on any atom is 0.220 e. The lowest BCUT2D eigenvalue weighted by Crippen LogP contribution is -2.60. The van der Waals surface area contributed by atoms with E-state index in [9.17, 15) is 30.3 Å². The summed E-state index contributed by atoms with van der Waals surface area (Å²) in [4.78, 5) is 12.9. The molecule has 51 heavy (non-hydrogen) atoms. The van der Waals surface area contributed by atoms with Crippen molar-refractivity contribution >= 4 is 5.91 Å². The highest BCUT2D eigenvalue weighted by Gasteiger charge is 2.44. The van der Waals surface area contributed by atoms with Gasteiger partial charge in [0, 0.05) is 6.42 Å². The molecule has 1 aliphatic rings. The summed E-state index contributed by atoms with van der Waals surface area (Å²) < 4.78 is 11.2. The Labute approximate surface area is 312 Å². The number of hydrogen-bond donors (Lipinski definition) is 6. The summed E-state index contributed by atoms with van der Waals surface area (Å²) in [6.07, 6.45) is 29.6. The minimum Gasteiger partial charge on any atom is -0.394 e. The average molecular weight is 728 g/mol. The van der Waals surface area contributed by atoms with Gasteiger partial charge < -0.3 is 40.3 Å². The fourth-order valence-electron chi connectivity index (χ4n) is 6.86. The third-order valence-electron chi connectivity index (χ3n) is 10.4. The topological polar surface area (TPSA) is 149 Å². The summed E-state index contributed by atoms with van der Waals surface area (Å²) in [7, 11) is 0. The molecular formula is C42H81NO8. The number of hydrogen-bond acceptors (Lipinski definition) is 8. The number of aliphatic hydroxyl groups is 5. The fourth-order valence-corrected chi connectivity index (χ4v) is 6.86. The molecule has 1 aliphatic heterocycles. The van der Waals surface area contributed by atoms with E-state index in [2.05, 4.69) is 19.2 Å². The molecule has 1 rings (SSSR count). The molecule has 0 aromatic carbocycles. The zero-order valence-electron chi connectivity index (χ0n) is 32.9. The van der Waals surface area contributed by atoms with Gasteiger partial charge in [-0.25, -0.2) is 0 Å². The van der Waals surface area contributed by atoms with Gasteiger partial charge >= 0.3 is 0 Å². The summed E-state index contributed by atoms with van der Waals surface area (Å²) in [6.45, 7) is 3.76. The van der Waals surface area contributed by atoms with Gasteiger partial charge in [0.05, 0.1) is 25.4 Å². The molecule has 7 atom stereocenters. The summed E-state index contributed by atoms with van der Waals surface area (Å²) in [5.74, 6) is -0.176. The van der Waals surface area contributed by atoms with E-state index in [0.717, 1.165) is 38.5 Å². The zero-order valence-corrected chi connectivity index (χ0v) is 32.9. The maximum absolute atomic E-state index is 12.9. The highest BCUT2D eigenvalue weighted by molar-refractivity contribution is 5.76. The molecule has 1 saturated heterocycles. The fraction of sp³-hybridized carbons (Fsp3) is 0.929. The Hall–Kier alpha value is -1.07. The summed E-state index contributed by atoms with van der Waals surface area (Å²) in [6, 6.07) is -0.797. The van der Waals surface area contributed by atoms with Crippen LogP contribution in [0.5, 0.6) is 0 Å². The van der Waals surface area contributed by atoms with Crippen LogP contribution >= 0.6 is 0 Å². The summed E-state index contributed by atoms with van der Waals surface area (Å²) in [5.41, 5.74) is 0. The van der Waals surface area contributed by atoms with Crippen molar-refractivity contribution in [2.75, 3.05) is 13.2 Å². The lowest BCUT2D eigenvalue weighted by Gasteiger charge is -2.40. The second-order valence-electron chi connectivity index (χ2n) is 15.1. The second-order valence-corrected chi connectivity index (χ2v) is 15.1. The number of allylic oxidation sites excluding steroid dienone is 1. The minimum absolute atomic E-state index is 0.176. The predicted molar refractivity (Wildman–Crippen MR) is 207 cm³/mol. The Kier molecular flexibility index (Phi) is 31.5. The first-order valence-electron chi connectivity index (χ1n) is 21.4. The third kappa shape index (κ3) is 24.8. The first-order valence-corrected chi connectivity index (χ1v) is 21.4. The molecule has 1 amide bonds. The van der Waals surface area contributed by atoms with Crippen LogP contribution < -0.4 is 5.32 Å². The molecule has 0 spiro atoms. The maximum atomic E-state index is 12.9. The molecule has 0 saturated carbocycles. The molecule has 0 bridgehead atoms. The quantitative estimate of drug-likeness (QED) is 0.0283. The lowest BCUT2D eigenvalue weighted by atomic mass is 9.99. The summed E-state index contributed by atoms with van der Waals surface area (Å²) in [5, 5.41) is 54.0. The third-order valence-corrected chi connectivity index (χ3v) is 10.4. The van der Waals surface area contributed by atoms with Crippen molar-refractivity contribution in [1.29, 1.82) is 0 Å². The van der Waals surface area contributed by atoms with Crippen LogP contribution in [0.3, 0.4) is 0 Å². The van der Waals surface area contributed by atoms with Crippen LogP contribution in [-0.2, 0) is 14.3 Å². The van der Waals surface area contributed by atoms with E-state index in [1.165, 1.54) is 135 Å². The molecule has 1 heterocycles. The van der Waals surface area contributed by atoms with E-state index < -0.39 is 49.5 Å². The van der Waals surface area contributed by atoms with E-state index in [4.69, 9.17) is 9.47 Å². The van der Waals surface area contributed by atoms with Crippen LogP contribution in [0.4, 0.5) is 0 Å². The van der Waals surface area contributed by atoms with Crippen molar-refractivity contribution in [3.05, 3.63) is 12.2 Å². The smallest absolute Gasteiger partial charge is 0.220 e. The van der Waals surface area contributed by atoms with Crippen molar-refractivity contribution < 1.29 is 39.8 Å². The molecule has 6 N–H and O–H groups in total. The van der Waals surface area contributed by atoms with E-state index in [1.54, 1.807) is 6.08 Å². The van der Waals surface area contributed by atoms with Crippen molar-refractivity contribution in [3.8, 4) is 0 Å². The van der Waals surface area contributed by atoms with Gasteiger partial charge in [-0.05, 0) is 19.3 Å². The SMILES string of the molecule is CCCCCCCCCCCCCC/C=C/[C@@H](O)[C@H](CO[C@H]1O[C@@H](CO)[C@H](O)C(O)C1O)NC(=O)CCCCCCCCCCCCCCCC. The number of unbranched alkanes of at least 4 members (excludes halogenated alkanes) is 25. The molecule has 9 nitrogen and oxygen atoms in total. The van der Waals surface area contributed by atoms with Crippen LogP contribution in [0, 0.1) is 0 Å². The molecule has 0 radical (unpaired) electrons. The number of aliphatic hydroxyl groups excluding tert-OH is 5. The van der Waals surface area contributed by atoms with Crippen LogP contribution in [0.25, 0.3) is 0 Å². The Bertz CT molecular complexity index is 812. The minimum atomic E-state index is -1.56. The molecule has 0 aliphatic carbocycles. The van der Waals surface area contributed by atoms with Gasteiger partial charge in [0.15, 0.2) is 6.29 Å². The Morgan fingerprint density at radius 1 is 0.647 bits per heavy atom. The second kappa shape index (κ2) is 33.5. The van der Waals surface area contributed by atoms with Crippen LogP contribution in [0.15, 0.2) is 12.2 Å². The largest absolute Gasteiger partial charge is 0.394 e. The molecule has 302 valence electrons. The van der Waals surface area contributed by atoms with E-state index in [1.807, 2.05) is 6.08 Å². The molecule has 1 fully saturated rings. The highest BCUT2D eigenvalue weighted by atomic mass is 16.7. The highest BCUT2D eigenvalue weighted by Crippen LogP contribution is 2.22. The van der Waals surface area contributed by atoms with Crippen LogP contribution in [-0.4, -0.2) is 87.5 Å². The number of carbonyl (C=O) groups is 1. The van der Waals surface area contributed by atoms with Crippen molar-refractivity contribution in [2.45, 2.75) is 236 Å². The van der Waals surface area contributed by atoms with Gasteiger partial charge in [-0.1, -0.05) is 180 Å². The molecule has 2 unspecified atom stereocenters. The number of carbonyl (C=O) groups excluding carboxylic acids is 1. The average Bonchev–Trinajstić information content (AvgIpc) is 3.13. The molecule has 0 aromatic heterocycles. The van der Waals surface area contributed by atoms with Crippen molar-refractivity contribution in [2.24, 2.45) is 0 Å². The number of amides is 1. The van der Waals surface area contributed by atoms with E-state index >= 15 is 0 Å². The van der Waals surface area contributed by atoms with Crippen LogP contribution in [0.1, 0.15) is 194 Å². The Balaban J connectivity index is 2.40. The van der Waals surface area contributed by atoms with Crippen LogP contribution in [0.2, 0.25) is 0 Å². The van der Waals surface area contributed by atoms with Gasteiger partial charge in [0.1, 0.15) is 24.4 Å². The Morgan fingerprint density at radius 2 is 1.08 bits per heavy atom. The normalized spacial score (nSPS) is 22.1. The zero-order chi connectivity index (χ0) is 37.4. The number of rotatable bonds is 35. The molecule has 0 aromatic rings. The molecule has 9 heteroatoms. The van der Waals surface area contributed by atoms with Gasteiger partial charge in [-0.15, -0.1) is 0 Å². The first-order chi connectivity index (χ1) is 24.8. The van der Waals surface area contributed by atoms with Gasteiger partial charge in [-0.3, -0.25) is 4.79 Å².